The van der Waals surface area contributed by atoms with Gasteiger partial charge in [-0.15, -0.1) is 0 Å². The second kappa shape index (κ2) is 7.75. The van der Waals surface area contributed by atoms with Gasteiger partial charge in [-0.25, -0.2) is 17.5 Å². The predicted octanol–water partition coefficient (Wildman–Crippen LogP) is 4.02. The third kappa shape index (κ3) is 3.63. The molecule has 35 heavy (non-hydrogen) atoms. The molecule has 6 nitrogen and oxygen atoms in total. The van der Waals surface area contributed by atoms with Crippen molar-refractivity contribution in [3.63, 3.8) is 0 Å². The Hall–Kier alpha value is -3.52. The van der Waals surface area contributed by atoms with Crippen molar-refractivity contribution < 1.29 is 22.4 Å². The zero-order valence-corrected chi connectivity index (χ0v) is 19.6. The number of hydrogen-bond acceptors (Lipinski definition) is 4. The van der Waals surface area contributed by atoms with Crippen LogP contribution >= 0.6 is 0 Å². The minimum absolute atomic E-state index is 0.0146. The van der Waals surface area contributed by atoms with Gasteiger partial charge < -0.3 is 4.90 Å². The van der Waals surface area contributed by atoms with E-state index in [-0.39, 0.29) is 29.8 Å². The number of anilines is 1. The highest BCUT2D eigenvalue weighted by Gasteiger charge is 2.67. The van der Waals surface area contributed by atoms with Crippen LogP contribution in [-0.2, 0) is 26.8 Å². The third-order valence-electron chi connectivity index (χ3n) is 7.26. The van der Waals surface area contributed by atoms with Gasteiger partial charge in [0.05, 0.1) is 17.2 Å². The van der Waals surface area contributed by atoms with E-state index in [0.29, 0.717) is 19.3 Å². The Morgan fingerprint density at radius 1 is 1.03 bits per heavy atom. The number of nitrogens with zero attached hydrogens (tertiary/aromatic N) is 1. The number of hydrogen-bond donors (Lipinski definition) is 1. The normalized spacial score (nSPS) is 22.8. The Kier molecular flexibility index (Phi) is 4.86. The van der Waals surface area contributed by atoms with Crippen LogP contribution in [0.15, 0.2) is 72.8 Å². The summed E-state index contributed by atoms with van der Waals surface area (Å²) >= 11 is 0. The molecule has 1 N–H and O–H groups in total. The second-order valence-corrected chi connectivity index (χ2v) is 11.5. The van der Waals surface area contributed by atoms with Crippen LogP contribution in [0.2, 0.25) is 0 Å². The van der Waals surface area contributed by atoms with Gasteiger partial charge in [0.15, 0.2) is 0 Å². The number of halogens is 1. The molecular weight excluding hydrogens is 467 g/mol. The van der Waals surface area contributed by atoms with Crippen LogP contribution in [-0.4, -0.2) is 25.5 Å². The smallest absolute Gasteiger partial charge is 0.264 e. The molecule has 6 rings (SSSR count). The summed E-state index contributed by atoms with van der Waals surface area (Å²) in [5, 5.41) is -0.489. The second-order valence-electron chi connectivity index (χ2n) is 9.56. The maximum atomic E-state index is 13.8. The van der Waals surface area contributed by atoms with Crippen LogP contribution < -0.4 is 9.62 Å². The van der Waals surface area contributed by atoms with Gasteiger partial charge in [-0.3, -0.25) is 9.59 Å². The molecule has 2 unspecified atom stereocenters. The highest BCUT2D eigenvalue weighted by atomic mass is 32.2. The van der Waals surface area contributed by atoms with E-state index >= 15 is 0 Å². The molecule has 3 aromatic rings. The third-order valence-corrected chi connectivity index (χ3v) is 9.08. The standard InChI is InChI=1S/C27H23FN2O4S/c28-20-10-8-18(9-11-20)23-15-27(23)22-6-1-2-7-24(22)30(26(27)32)16-17-4-3-5-19(14-17)25(31)29-35(33,34)21-12-13-21/h1-11,14,21,23H,12-13,15-16H2,(H,29,31). The molecule has 8 heteroatoms. The number of nitrogens with one attached hydrogen (secondary N) is 1. The van der Waals surface area contributed by atoms with E-state index in [0.717, 1.165) is 22.4 Å². The molecule has 2 aliphatic carbocycles. The lowest BCUT2D eigenvalue weighted by Gasteiger charge is -2.19. The summed E-state index contributed by atoms with van der Waals surface area (Å²) in [6.07, 6.45) is 1.80. The summed E-state index contributed by atoms with van der Waals surface area (Å²) in [5.41, 5.74) is 3.02. The molecule has 0 radical (unpaired) electrons. The number of fused-ring (bicyclic) bond motifs is 2. The quantitative estimate of drug-likeness (QED) is 0.566. The average molecular weight is 491 g/mol. The number of benzene rings is 3. The lowest BCUT2D eigenvalue weighted by molar-refractivity contribution is -0.120. The van der Waals surface area contributed by atoms with E-state index in [9.17, 15) is 22.4 Å². The molecule has 2 saturated carbocycles. The molecule has 3 aromatic carbocycles. The van der Waals surface area contributed by atoms with Gasteiger partial charge in [0, 0.05) is 17.2 Å². The first kappa shape index (κ1) is 22.0. The Bertz CT molecular complexity index is 1470. The summed E-state index contributed by atoms with van der Waals surface area (Å²) in [7, 11) is -3.65. The summed E-state index contributed by atoms with van der Waals surface area (Å²) < 4.78 is 39.9. The van der Waals surface area contributed by atoms with Crippen LogP contribution in [0.1, 0.15) is 52.2 Å². The molecular formula is C27H23FN2O4S. The van der Waals surface area contributed by atoms with Gasteiger partial charge >= 0.3 is 0 Å². The molecule has 0 bridgehead atoms. The van der Waals surface area contributed by atoms with Crippen LogP contribution in [0.4, 0.5) is 10.1 Å². The van der Waals surface area contributed by atoms with E-state index < -0.39 is 26.6 Å². The van der Waals surface area contributed by atoms with Crippen molar-refractivity contribution in [3.8, 4) is 0 Å². The van der Waals surface area contributed by atoms with Gasteiger partial charge in [-0.2, -0.15) is 0 Å². The lowest BCUT2D eigenvalue weighted by atomic mass is 9.92. The van der Waals surface area contributed by atoms with E-state index in [1.54, 1.807) is 35.2 Å². The lowest BCUT2D eigenvalue weighted by Crippen LogP contribution is -2.34. The van der Waals surface area contributed by atoms with Crippen LogP contribution in [0.25, 0.3) is 0 Å². The number of rotatable bonds is 6. The summed E-state index contributed by atoms with van der Waals surface area (Å²) in [4.78, 5) is 28.1. The fourth-order valence-electron chi connectivity index (χ4n) is 5.25. The predicted molar refractivity (Wildman–Crippen MR) is 129 cm³/mol. The van der Waals surface area contributed by atoms with Gasteiger partial charge in [0.2, 0.25) is 15.9 Å². The number of sulfonamides is 1. The maximum absolute atomic E-state index is 13.8. The van der Waals surface area contributed by atoms with Gasteiger partial charge in [0.25, 0.3) is 5.91 Å². The summed E-state index contributed by atoms with van der Waals surface area (Å²) in [6, 6.07) is 20.7. The summed E-state index contributed by atoms with van der Waals surface area (Å²) in [5.74, 6) is -1.01. The van der Waals surface area contributed by atoms with E-state index in [1.807, 2.05) is 30.3 Å². The molecule has 0 aromatic heterocycles. The van der Waals surface area contributed by atoms with Crippen molar-refractivity contribution in [1.29, 1.82) is 0 Å². The number of carbonyl (C=O) groups excluding carboxylic acids is 2. The first-order valence-electron chi connectivity index (χ1n) is 11.6. The van der Waals surface area contributed by atoms with Crippen molar-refractivity contribution in [1.82, 2.24) is 4.72 Å². The van der Waals surface area contributed by atoms with Crippen molar-refractivity contribution in [2.75, 3.05) is 4.90 Å². The van der Waals surface area contributed by atoms with Crippen molar-refractivity contribution in [3.05, 3.63) is 101 Å². The highest BCUT2D eigenvalue weighted by molar-refractivity contribution is 7.91. The minimum atomic E-state index is -3.65. The number of para-hydroxylation sites is 1. The molecule has 1 spiro atoms. The largest absolute Gasteiger partial charge is 0.307 e. The maximum Gasteiger partial charge on any atom is 0.264 e. The molecule has 0 saturated heterocycles. The molecule has 2 fully saturated rings. The highest BCUT2D eigenvalue weighted by Crippen LogP contribution is 2.66. The molecule has 1 heterocycles. The van der Waals surface area contributed by atoms with Crippen molar-refractivity contribution in [2.24, 2.45) is 0 Å². The van der Waals surface area contributed by atoms with Gasteiger partial charge in [-0.1, -0.05) is 42.5 Å². The Morgan fingerprint density at radius 3 is 2.51 bits per heavy atom. The van der Waals surface area contributed by atoms with Crippen molar-refractivity contribution in [2.45, 2.75) is 42.4 Å². The first-order chi connectivity index (χ1) is 16.8. The van der Waals surface area contributed by atoms with E-state index in [1.165, 1.54) is 12.1 Å². The number of carbonyl (C=O) groups is 2. The number of amides is 2. The first-order valence-corrected chi connectivity index (χ1v) is 13.2. The van der Waals surface area contributed by atoms with Gasteiger partial charge in [-0.05, 0) is 66.3 Å². The molecule has 2 amide bonds. The SMILES string of the molecule is O=C(NS(=O)(=O)C1CC1)c1cccc(CN2C(=O)C3(CC3c3ccc(F)cc3)c3ccccc32)c1. The van der Waals surface area contributed by atoms with E-state index in [4.69, 9.17) is 0 Å². The Labute approximate surface area is 202 Å². The van der Waals surface area contributed by atoms with Gasteiger partial charge in [0.1, 0.15) is 5.82 Å². The fraction of sp³-hybridized carbons (Fsp3) is 0.259. The Morgan fingerprint density at radius 2 is 1.77 bits per heavy atom. The Balaban J connectivity index is 1.27. The fourth-order valence-corrected chi connectivity index (χ4v) is 6.55. The molecule has 2 atom stereocenters. The monoisotopic (exact) mass is 490 g/mol. The average Bonchev–Trinajstić information content (AvgIpc) is 3.76. The van der Waals surface area contributed by atoms with Crippen molar-refractivity contribution >= 4 is 27.5 Å². The van der Waals surface area contributed by atoms with E-state index in [2.05, 4.69) is 4.72 Å². The molecule has 3 aliphatic rings. The van der Waals surface area contributed by atoms with Crippen LogP contribution in [0.3, 0.4) is 0 Å². The topological polar surface area (TPSA) is 83.6 Å². The molecule has 178 valence electrons. The van der Waals surface area contributed by atoms with Crippen LogP contribution in [0, 0.1) is 5.82 Å². The van der Waals surface area contributed by atoms with Crippen LogP contribution in [0.5, 0.6) is 0 Å². The molecule has 1 aliphatic heterocycles. The summed E-state index contributed by atoms with van der Waals surface area (Å²) in [6.45, 7) is 0.254. The zero-order valence-electron chi connectivity index (χ0n) is 18.8. The zero-order chi connectivity index (χ0) is 24.4. The minimum Gasteiger partial charge on any atom is -0.307 e.